The summed E-state index contributed by atoms with van der Waals surface area (Å²) in [6.45, 7) is 8.00. The quantitative estimate of drug-likeness (QED) is 0.227. The lowest BCUT2D eigenvalue weighted by molar-refractivity contribution is -0.118. The van der Waals surface area contributed by atoms with Crippen LogP contribution in [0.4, 0.5) is 0 Å². The average molecular weight is 186 g/mol. The van der Waals surface area contributed by atoms with E-state index in [1.54, 1.807) is 6.92 Å². The molecule has 1 amide bonds. The number of hydrogen-bond donors (Lipinski definition) is 4. The molecule has 13 heavy (non-hydrogen) atoms. The van der Waals surface area contributed by atoms with Gasteiger partial charge in [-0.15, -0.1) is 0 Å². The van der Waals surface area contributed by atoms with E-state index in [-0.39, 0.29) is 5.91 Å². The fourth-order valence-corrected chi connectivity index (χ4v) is 0.627. The van der Waals surface area contributed by atoms with Gasteiger partial charge in [-0.1, -0.05) is 6.58 Å². The number of hydrazine groups is 1. The van der Waals surface area contributed by atoms with Crippen molar-refractivity contribution in [2.45, 2.75) is 6.92 Å². The summed E-state index contributed by atoms with van der Waals surface area (Å²) in [5.41, 5.74) is 11.0. The van der Waals surface area contributed by atoms with Crippen LogP contribution in [0.3, 0.4) is 0 Å². The van der Waals surface area contributed by atoms with E-state index in [0.717, 1.165) is 13.1 Å². The van der Waals surface area contributed by atoms with Crippen molar-refractivity contribution in [3.05, 3.63) is 12.2 Å². The lowest BCUT2D eigenvalue weighted by Gasteiger charge is -2.06. The van der Waals surface area contributed by atoms with E-state index in [1.807, 2.05) is 0 Å². The normalized spacial score (nSPS) is 9.69. The van der Waals surface area contributed by atoms with E-state index < -0.39 is 0 Å². The van der Waals surface area contributed by atoms with Crippen molar-refractivity contribution in [1.29, 1.82) is 0 Å². The second-order valence-corrected chi connectivity index (χ2v) is 2.70. The van der Waals surface area contributed by atoms with Gasteiger partial charge in [-0.25, -0.2) is 5.43 Å². The number of rotatable bonds is 7. The summed E-state index contributed by atoms with van der Waals surface area (Å²) in [5, 5.41) is 3.08. The highest BCUT2D eigenvalue weighted by Crippen LogP contribution is 1.82. The molecule has 0 unspecified atom stereocenters. The third-order valence-electron chi connectivity index (χ3n) is 1.34. The van der Waals surface area contributed by atoms with Gasteiger partial charge in [0, 0.05) is 31.8 Å². The summed E-state index contributed by atoms with van der Waals surface area (Å²) in [6.07, 6.45) is 0. The van der Waals surface area contributed by atoms with Crippen LogP contribution in [-0.4, -0.2) is 32.1 Å². The number of hydrogen-bond acceptors (Lipinski definition) is 4. The minimum atomic E-state index is -0.182. The van der Waals surface area contributed by atoms with Crippen molar-refractivity contribution in [1.82, 2.24) is 16.2 Å². The standard InChI is InChI=1S/C8H18N4O/c1-7(2)8(13)12-11-6-5-10-4-3-9/h10-11H,1,3-6,9H2,2H3,(H,12,13). The molecule has 0 aliphatic carbocycles. The van der Waals surface area contributed by atoms with E-state index in [4.69, 9.17) is 5.73 Å². The van der Waals surface area contributed by atoms with Gasteiger partial charge < -0.3 is 11.1 Å². The molecule has 0 saturated carbocycles. The molecule has 0 atom stereocenters. The van der Waals surface area contributed by atoms with Crippen LogP contribution in [0.2, 0.25) is 0 Å². The zero-order chi connectivity index (χ0) is 10.1. The fraction of sp³-hybridized carbons (Fsp3) is 0.625. The molecule has 0 aliphatic heterocycles. The summed E-state index contributed by atoms with van der Waals surface area (Å²) in [5.74, 6) is -0.182. The molecule has 0 fully saturated rings. The molecule has 0 aliphatic rings. The lowest BCUT2D eigenvalue weighted by Crippen LogP contribution is -2.41. The van der Waals surface area contributed by atoms with Gasteiger partial charge in [0.2, 0.25) is 0 Å². The van der Waals surface area contributed by atoms with E-state index in [9.17, 15) is 4.79 Å². The first-order valence-corrected chi connectivity index (χ1v) is 4.28. The first-order chi connectivity index (χ1) is 6.18. The minimum absolute atomic E-state index is 0.182. The Morgan fingerprint density at radius 2 is 2.08 bits per heavy atom. The van der Waals surface area contributed by atoms with Gasteiger partial charge in [-0.3, -0.25) is 10.2 Å². The Morgan fingerprint density at radius 3 is 2.62 bits per heavy atom. The second-order valence-electron chi connectivity index (χ2n) is 2.70. The van der Waals surface area contributed by atoms with Crippen molar-refractivity contribution in [3.8, 4) is 0 Å². The van der Waals surface area contributed by atoms with Crippen LogP contribution in [-0.2, 0) is 4.79 Å². The van der Waals surface area contributed by atoms with Crippen LogP contribution in [0.25, 0.3) is 0 Å². The molecule has 5 heteroatoms. The van der Waals surface area contributed by atoms with Gasteiger partial charge in [0.05, 0.1) is 0 Å². The molecule has 0 spiro atoms. The van der Waals surface area contributed by atoms with E-state index >= 15 is 0 Å². The Bertz CT molecular complexity index is 170. The molecule has 0 heterocycles. The molecular weight excluding hydrogens is 168 g/mol. The smallest absolute Gasteiger partial charge is 0.260 e. The summed E-state index contributed by atoms with van der Waals surface area (Å²) in [7, 11) is 0. The average Bonchev–Trinajstić information content (AvgIpc) is 2.10. The molecule has 0 radical (unpaired) electrons. The molecular formula is C8H18N4O. The van der Waals surface area contributed by atoms with Crippen LogP contribution >= 0.6 is 0 Å². The first kappa shape index (κ1) is 12.1. The predicted molar refractivity (Wildman–Crippen MR) is 52.9 cm³/mol. The molecule has 0 saturated heterocycles. The number of carbonyl (C=O) groups excluding carboxylic acids is 1. The van der Waals surface area contributed by atoms with Crippen molar-refractivity contribution < 1.29 is 4.79 Å². The maximum absolute atomic E-state index is 10.9. The highest BCUT2D eigenvalue weighted by Gasteiger charge is 1.97. The largest absolute Gasteiger partial charge is 0.329 e. The van der Waals surface area contributed by atoms with E-state index in [2.05, 4.69) is 22.7 Å². The maximum atomic E-state index is 10.9. The Labute approximate surface area is 78.7 Å². The SMILES string of the molecule is C=C(C)C(=O)NNCCNCCN. The van der Waals surface area contributed by atoms with Crippen molar-refractivity contribution in [3.63, 3.8) is 0 Å². The molecule has 0 aromatic heterocycles. The van der Waals surface area contributed by atoms with E-state index in [1.165, 1.54) is 0 Å². The predicted octanol–water partition coefficient (Wildman–Crippen LogP) is -1.27. The van der Waals surface area contributed by atoms with Crippen LogP contribution in [0.15, 0.2) is 12.2 Å². The molecule has 5 nitrogen and oxygen atoms in total. The van der Waals surface area contributed by atoms with Gasteiger partial charge >= 0.3 is 0 Å². The summed E-state index contributed by atoms with van der Waals surface area (Å²) >= 11 is 0. The summed E-state index contributed by atoms with van der Waals surface area (Å²) < 4.78 is 0. The lowest BCUT2D eigenvalue weighted by atomic mass is 10.3. The summed E-state index contributed by atoms with van der Waals surface area (Å²) in [4.78, 5) is 10.9. The third kappa shape index (κ3) is 7.45. The van der Waals surface area contributed by atoms with E-state index in [0.29, 0.717) is 18.7 Å². The van der Waals surface area contributed by atoms with Crippen LogP contribution < -0.4 is 21.9 Å². The zero-order valence-corrected chi connectivity index (χ0v) is 8.02. The number of nitrogens with one attached hydrogen (secondary N) is 3. The van der Waals surface area contributed by atoms with Crippen LogP contribution in [0.5, 0.6) is 0 Å². The van der Waals surface area contributed by atoms with Crippen LogP contribution in [0, 0.1) is 0 Å². The fourth-order valence-electron chi connectivity index (χ4n) is 0.627. The van der Waals surface area contributed by atoms with Crippen molar-refractivity contribution >= 4 is 5.91 Å². The number of amides is 1. The van der Waals surface area contributed by atoms with Gasteiger partial charge in [0.1, 0.15) is 0 Å². The Morgan fingerprint density at radius 1 is 1.38 bits per heavy atom. The Hall–Kier alpha value is -0.910. The van der Waals surface area contributed by atoms with Crippen molar-refractivity contribution in [2.75, 3.05) is 26.2 Å². The molecule has 0 aromatic rings. The Balaban J connectivity index is 3.16. The van der Waals surface area contributed by atoms with Gasteiger partial charge in [0.25, 0.3) is 5.91 Å². The molecule has 0 bridgehead atoms. The monoisotopic (exact) mass is 186 g/mol. The second kappa shape index (κ2) is 7.72. The topological polar surface area (TPSA) is 79.2 Å². The highest BCUT2D eigenvalue weighted by atomic mass is 16.2. The summed E-state index contributed by atoms with van der Waals surface area (Å²) in [6, 6.07) is 0. The Kier molecular flexibility index (Phi) is 7.18. The highest BCUT2D eigenvalue weighted by molar-refractivity contribution is 5.91. The van der Waals surface area contributed by atoms with Crippen LogP contribution in [0.1, 0.15) is 6.92 Å². The van der Waals surface area contributed by atoms with Gasteiger partial charge in [-0.05, 0) is 6.92 Å². The van der Waals surface area contributed by atoms with Gasteiger partial charge in [-0.2, -0.15) is 0 Å². The maximum Gasteiger partial charge on any atom is 0.260 e. The zero-order valence-electron chi connectivity index (χ0n) is 8.02. The molecule has 5 N–H and O–H groups in total. The molecule has 0 rings (SSSR count). The van der Waals surface area contributed by atoms with Gasteiger partial charge in [0.15, 0.2) is 0 Å². The van der Waals surface area contributed by atoms with Crippen molar-refractivity contribution in [2.24, 2.45) is 5.73 Å². The number of nitrogens with two attached hydrogens (primary N) is 1. The first-order valence-electron chi connectivity index (χ1n) is 4.28. The molecule has 76 valence electrons. The molecule has 0 aromatic carbocycles. The number of carbonyl (C=O) groups is 1. The minimum Gasteiger partial charge on any atom is -0.329 e. The third-order valence-corrected chi connectivity index (χ3v) is 1.34.